The summed E-state index contributed by atoms with van der Waals surface area (Å²) in [4.78, 5) is 0. The summed E-state index contributed by atoms with van der Waals surface area (Å²) in [5.41, 5.74) is 0. The molecule has 0 saturated carbocycles. The molecule has 0 aromatic rings. The predicted octanol–water partition coefficient (Wildman–Crippen LogP) is 0.688. The van der Waals surface area contributed by atoms with E-state index in [-0.39, 0.29) is 6.67 Å². The largest absolute Gasteiger partial charge is 0.414 e. The summed E-state index contributed by atoms with van der Waals surface area (Å²) in [6.45, 7) is 0.0921. The summed E-state index contributed by atoms with van der Waals surface area (Å²) in [6.07, 6.45) is -4.16. The molecule has 1 saturated heterocycles. The molecule has 2 nitrogen and oxygen atoms in total. The third-order valence-electron chi connectivity index (χ3n) is 0.818. The molecular weight excluding hydrogens is 153 g/mol. The summed E-state index contributed by atoms with van der Waals surface area (Å²) >= 11 is 0.538. The van der Waals surface area contributed by atoms with Crippen molar-refractivity contribution in [2.45, 2.75) is 11.6 Å². The Morgan fingerprint density at radius 3 is 2.44 bits per heavy atom. The minimum Gasteiger partial charge on any atom is -0.282 e. The van der Waals surface area contributed by atoms with Crippen molar-refractivity contribution >= 4 is 11.9 Å². The Morgan fingerprint density at radius 2 is 2.22 bits per heavy atom. The zero-order valence-corrected chi connectivity index (χ0v) is 5.09. The highest BCUT2D eigenvalue weighted by molar-refractivity contribution is 7.98. The van der Waals surface area contributed by atoms with Gasteiger partial charge in [0.2, 0.25) is 0 Å². The lowest BCUT2D eigenvalue weighted by molar-refractivity contribution is -0.132. The number of hydrogen-bond acceptors (Lipinski definition) is 2. The van der Waals surface area contributed by atoms with Crippen LogP contribution >= 0.6 is 11.9 Å². The molecule has 0 aromatic carbocycles. The first-order valence-corrected chi connectivity index (χ1v) is 3.07. The Bertz CT molecular complexity index is 97.7. The van der Waals surface area contributed by atoms with Gasteiger partial charge in [0, 0.05) is 0 Å². The molecule has 1 atom stereocenters. The van der Waals surface area contributed by atoms with E-state index in [9.17, 15) is 13.2 Å². The van der Waals surface area contributed by atoms with Crippen LogP contribution in [0.3, 0.4) is 0 Å². The smallest absolute Gasteiger partial charge is 0.282 e. The molecule has 1 aliphatic heterocycles. The fraction of sp³-hybridized carbons (Fsp3) is 1.00. The molecule has 0 spiro atoms. The van der Waals surface area contributed by atoms with E-state index in [2.05, 4.69) is 10.0 Å². The molecule has 0 aliphatic carbocycles. The van der Waals surface area contributed by atoms with Crippen LogP contribution in [0.4, 0.5) is 13.2 Å². The molecule has 1 N–H and O–H groups in total. The normalized spacial score (nSPS) is 29.0. The van der Waals surface area contributed by atoms with Gasteiger partial charge in [-0.1, -0.05) is 0 Å². The first kappa shape index (κ1) is 7.17. The van der Waals surface area contributed by atoms with Crippen LogP contribution in [0.25, 0.3) is 0 Å². The Kier molecular flexibility index (Phi) is 1.88. The summed E-state index contributed by atoms with van der Waals surface area (Å²) in [5, 5.41) is 0.679. The fourth-order valence-electron chi connectivity index (χ4n) is 0.445. The van der Waals surface area contributed by atoms with E-state index in [0.29, 0.717) is 11.9 Å². The second-order valence-electron chi connectivity index (χ2n) is 1.52. The molecule has 1 rings (SSSR count). The monoisotopic (exact) mass is 157 g/mol. The molecule has 1 unspecified atom stereocenters. The quantitative estimate of drug-likeness (QED) is 0.523. The van der Waals surface area contributed by atoms with Gasteiger partial charge in [0.1, 0.15) is 0 Å². The van der Waals surface area contributed by atoms with E-state index >= 15 is 0 Å². The van der Waals surface area contributed by atoms with Crippen molar-refractivity contribution in [3.63, 3.8) is 0 Å². The van der Waals surface area contributed by atoms with Crippen LogP contribution < -0.4 is 10.0 Å². The molecule has 6 heteroatoms. The van der Waals surface area contributed by atoms with Crippen LogP contribution in [0.15, 0.2) is 0 Å². The number of alkyl halides is 3. The lowest BCUT2D eigenvalue weighted by Gasteiger charge is -2.10. The van der Waals surface area contributed by atoms with Crippen LogP contribution in [0.2, 0.25) is 0 Å². The van der Waals surface area contributed by atoms with E-state index in [0.717, 1.165) is 0 Å². The van der Waals surface area contributed by atoms with Crippen molar-refractivity contribution in [1.29, 1.82) is 0 Å². The highest BCUT2D eigenvalue weighted by Gasteiger charge is 2.42. The lowest BCUT2D eigenvalue weighted by Crippen LogP contribution is -2.34. The number of hydrogen-bond donors (Lipinski definition) is 1. The fourth-order valence-corrected chi connectivity index (χ4v) is 1.01. The molecule has 1 heterocycles. The van der Waals surface area contributed by atoms with Gasteiger partial charge in [-0.25, -0.2) is 0 Å². The topological polar surface area (TPSA) is 26.1 Å². The second-order valence-corrected chi connectivity index (χ2v) is 2.46. The molecule has 9 heavy (non-hydrogen) atoms. The minimum atomic E-state index is -4.16. The lowest BCUT2D eigenvalue weighted by atomic mass is 10.6. The van der Waals surface area contributed by atoms with Gasteiger partial charge in [-0.15, -0.1) is 0 Å². The average Bonchev–Trinajstić information content (AvgIpc) is 2.08. The van der Waals surface area contributed by atoms with E-state index in [1.54, 1.807) is 0 Å². The summed E-state index contributed by atoms with van der Waals surface area (Å²) in [7, 11) is 0. The first-order valence-electron chi connectivity index (χ1n) is 2.23. The maximum absolute atomic E-state index is 11.6. The average molecular weight is 157 g/mol. The van der Waals surface area contributed by atoms with E-state index < -0.39 is 11.6 Å². The van der Waals surface area contributed by atoms with Crippen molar-refractivity contribution in [2.24, 2.45) is 0 Å². The van der Waals surface area contributed by atoms with Gasteiger partial charge in [0.15, 0.2) is 5.37 Å². The van der Waals surface area contributed by atoms with Crippen molar-refractivity contribution in [1.82, 2.24) is 10.0 Å². The Labute approximate surface area is 54.3 Å². The van der Waals surface area contributed by atoms with Crippen LogP contribution in [0.1, 0.15) is 0 Å². The van der Waals surface area contributed by atoms with E-state index in [1.165, 1.54) is 0 Å². The zero-order valence-electron chi connectivity index (χ0n) is 4.27. The Morgan fingerprint density at radius 1 is 1.56 bits per heavy atom. The molecule has 1 radical (unpaired) electrons. The summed E-state index contributed by atoms with van der Waals surface area (Å²) in [5.74, 6) is 0. The number of nitrogens with zero attached hydrogens (tertiary/aromatic N) is 1. The number of nitrogens with one attached hydrogen (secondary N) is 1. The molecular formula is C3H4F3N2S. The Hall–Kier alpha value is 0.0600. The van der Waals surface area contributed by atoms with Crippen LogP contribution in [-0.4, -0.2) is 18.2 Å². The van der Waals surface area contributed by atoms with Gasteiger partial charge < -0.3 is 0 Å². The molecule has 1 aliphatic rings. The van der Waals surface area contributed by atoms with Crippen LogP contribution in [0, 0.1) is 0 Å². The van der Waals surface area contributed by atoms with Gasteiger partial charge in [-0.2, -0.15) is 17.9 Å². The number of rotatable bonds is 0. The van der Waals surface area contributed by atoms with E-state index in [1.807, 2.05) is 0 Å². The molecule has 0 amide bonds. The van der Waals surface area contributed by atoms with Gasteiger partial charge in [-0.3, -0.25) is 5.32 Å². The van der Waals surface area contributed by atoms with Crippen molar-refractivity contribution < 1.29 is 13.2 Å². The highest BCUT2D eigenvalue weighted by Crippen LogP contribution is 2.29. The van der Waals surface area contributed by atoms with Crippen molar-refractivity contribution in [3.8, 4) is 0 Å². The SMILES string of the molecule is FC(F)(F)C1NC[N]S1. The van der Waals surface area contributed by atoms with Gasteiger partial charge in [0.25, 0.3) is 0 Å². The third kappa shape index (κ3) is 1.74. The van der Waals surface area contributed by atoms with Gasteiger partial charge in [0.05, 0.1) is 6.67 Å². The van der Waals surface area contributed by atoms with Gasteiger partial charge >= 0.3 is 6.18 Å². The maximum Gasteiger partial charge on any atom is 0.414 e. The third-order valence-corrected chi connectivity index (χ3v) is 1.74. The van der Waals surface area contributed by atoms with Crippen molar-refractivity contribution in [3.05, 3.63) is 0 Å². The van der Waals surface area contributed by atoms with Crippen molar-refractivity contribution in [2.75, 3.05) is 6.67 Å². The maximum atomic E-state index is 11.6. The van der Waals surface area contributed by atoms with E-state index in [4.69, 9.17) is 0 Å². The summed E-state index contributed by atoms with van der Waals surface area (Å²) in [6, 6.07) is 0. The highest BCUT2D eigenvalue weighted by atomic mass is 32.2. The molecule has 0 bridgehead atoms. The summed E-state index contributed by atoms with van der Waals surface area (Å²) < 4.78 is 38.3. The minimum absolute atomic E-state index is 0.0921. The molecule has 1 fully saturated rings. The molecule has 0 aromatic heterocycles. The van der Waals surface area contributed by atoms with Crippen LogP contribution in [-0.2, 0) is 0 Å². The molecule has 53 valence electrons. The first-order chi connectivity index (χ1) is 4.11. The van der Waals surface area contributed by atoms with Crippen LogP contribution in [0.5, 0.6) is 0 Å². The second kappa shape index (κ2) is 2.36. The van der Waals surface area contributed by atoms with Gasteiger partial charge in [-0.05, 0) is 11.9 Å². The Balaban J connectivity index is 2.42. The standard InChI is InChI=1S/C3H4F3N2S/c4-3(5,6)2-7-1-8-9-2/h2,7H,1H2. The zero-order chi connectivity index (χ0) is 6.91. The predicted molar refractivity (Wildman–Crippen MR) is 27.6 cm³/mol. The number of halogens is 3.